The van der Waals surface area contributed by atoms with E-state index < -0.39 is 0 Å². The summed E-state index contributed by atoms with van der Waals surface area (Å²) in [7, 11) is 1.56. The average molecular weight is 411 g/mol. The van der Waals surface area contributed by atoms with Crippen molar-refractivity contribution in [1.82, 2.24) is 0 Å². The van der Waals surface area contributed by atoms with E-state index in [2.05, 4.69) is 10.2 Å². The number of rotatable bonds is 5. The molecule has 1 unspecified atom stereocenters. The smallest absolute Gasteiger partial charge is 0.273 e. The zero-order valence-corrected chi connectivity index (χ0v) is 16.9. The molecule has 0 spiro atoms. The molecule has 1 saturated heterocycles. The topological polar surface area (TPSA) is 93.9 Å². The standard InChI is InChI=1S/C22H25N3O5/c1-29-21-9-8-20(25(27)28)19-14-15(2-7-18(19)21)22(26)23-16-3-5-17(6-4-16)24-10-12-30-13-11-24/h3-6,8-9,15H,2,7,10-14H2,1H3,(H,23,26). The number of ether oxygens (including phenoxy) is 2. The molecule has 8 nitrogen and oxygen atoms in total. The molecule has 8 heteroatoms. The van der Waals surface area contributed by atoms with Gasteiger partial charge in [0, 0.05) is 47.6 Å². The lowest BCUT2D eigenvalue weighted by Crippen LogP contribution is -2.36. The maximum atomic E-state index is 12.9. The number of fused-ring (bicyclic) bond motifs is 1. The van der Waals surface area contributed by atoms with Crippen molar-refractivity contribution in [3.63, 3.8) is 0 Å². The lowest BCUT2D eigenvalue weighted by molar-refractivity contribution is -0.385. The van der Waals surface area contributed by atoms with E-state index in [4.69, 9.17) is 9.47 Å². The molecule has 0 radical (unpaired) electrons. The zero-order valence-electron chi connectivity index (χ0n) is 16.9. The molecule has 1 amide bonds. The highest BCUT2D eigenvalue weighted by atomic mass is 16.6. The number of hydrogen-bond donors (Lipinski definition) is 1. The first-order valence-electron chi connectivity index (χ1n) is 10.1. The number of morpholine rings is 1. The molecule has 1 N–H and O–H groups in total. The lowest BCUT2D eigenvalue weighted by atomic mass is 9.82. The fraction of sp³-hybridized carbons (Fsp3) is 0.409. The molecule has 2 aromatic carbocycles. The predicted octanol–water partition coefficient (Wildman–Crippen LogP) is 3.18. The van der Waals surface area contributed by atoms with E-state index in [0.29, 0.717) is 30.6 Å². The molecule has 0 bridgehead atoms. The van der Waals surface area contributed by atoms with Crippen LogP contribution in [-0.2, 0) is 22.4 Å². The Kier molecular flexibility index (Phi) is 5.85. The molecule has 0 aromatic heterocycles. The van der Waals surface area contributed by atoms with E-state index >= 15 is 0 Å². The van der Waals surface area contributed by atoms with Gasteiger partial charge in [-0.25, -0.2) is 0 Å². The van der Waals surface area contributed by atoms with Crippen molar-refractivity contribution in [2.24, 2.45) is 5.92 Å². The summed E-state index contributed by atoms with van der Waals surface area (Å²) in [5.74, 6) is 0.215. The van der Waals surface area contributed by atoms with Gasteiger partial charge in [0.1, 0.15) is 5.75 Å². The Morgan fingerprint density at radius 1 is 1.17 bits per heavy atom. The van der Waals surface area contributed by atoms with Crippen LogP contribution >= 0.6 is 0 Å². The van der Waals surface area contributed by atoms with Crippen molar-refractivity contribution in [2.75, 3.05) is 43.6 Å². The van der Waals surface area contributed by atoms with Gasteiger partial charge >= 0.3 is 0 Å². The minimum atomic E-state index is -0.386. The Morgan fingerprint density at radius 3 is 2.57 bits per heavy atom. The summed E-state index contributed by atoms with van der Waals surface area (Å²) >= 11 is 0. The van der Waals surface area contributed by atoms with Crippen LogP contribution in [0.2, 0.25) is 0 Å². The van der Waals surface area contributed by atoms with Gasteiger partial charge in [-0.3, -0.25) is 14.9 Å². The molecule has 30 heavy (non-hydrogen) atoms. The highest BCUT2D eigenvalue weighted by molar-refractivity contribution is 5.93. The summed E-state index contributed by atoms with van der Waals surface area (Å²) in [6.45, 7) is 3.15. The zero-order chi connectivity index (χ0) is 21.1. The van der Waals surface area contributed by atoms with Crippen LogP contribution in [0.25, 0.3) is 0 Å². The molecule has 0 saturated carbocycles. The number of nitrogens with one attached hydrogen (secondary N) is 1. The number of carbonyl (C=O) groups excluding carboxylic acids is 1. The van der Waals surface area contributed by atoms with Gasteiger partial charge < -0.3 is 19.7 Å². The summed E-state index contributed by atoms with van der Waals surface area (Å²) in [5.41, 5.74) is 3.32. The number of nitro benzene ring substituents is 1. The van der Waals surface area contributed by atoms with Crippen LogP contribution in [0.3, 0.4) is 0 Å². The summed E-state index contributed by atoms with van der Waals surface area (Å²) in [5, 5.41) is 14.4. The quantitative estimate of drug-likeness (QED) is 0.600. The number of methoxy groups -OCH3 is 1. The number of carbonyl (C=O) groups is 1. The first-order chi connectivity index (χ1) is 14.6. The van der Waals surface area contributed by atoms with Crippen LogP contribution in [0.15, 0.2) is 36.4 Å². The summed E-state index contributed by atoms with van der Waals surface area (Å²) in [6.07, 6.45) is 1.54. The molecule has 1 aliphatic heterocycles. The number of benzene rings is 2. The molecular weight excluding hydrogens is 386 g/mol. The van der Waals surface area contributed by atoms with Gasteiger partial charge in [-0.1, -0.05) is 0 Å². The van der Waals surface area contributed by atoms with Crippen molar-refractivity contribution < 1.29 is 19.2 Å². The van der Waals surface area contributed by atoms with Crippen molar-refractivity contribution in [3.05, 3.63) is 57.6 Å². The van der Waals surface area contributed by atoms with Crippen molar-refractivity contribution in [2.45, 2.75) is 19.3 Å². The molecule has 2 aromatic rings. The first-order valence-corrected chi connectivity index (χ1v) is 10.1. The predicted molar refractivity (Wildman–Crippen MR) is 113 cm³/mol. The van der Waals surface area contributed by atoms with Gasteiger partial charge in [-0.15, -0.1) is 0 Å². The number of nitrogens with zero attached hydrogens (tertiary/aromatic N) is 2. The second-order valence-electron chi connectivity index (χ2n) is 7.58. The van der Waals surface area contributed by atoms with Crippen LogP contribution in [0.4, 0.5) is 17.1 Å². The van der Waals surface area contributed by atoms with Crippen LogP contribution in [0.1, 0.15) is 17.5 Å². The Bertz CT molecular complexity index is 939. The largest absolute Gasteiger partial charge is 0.496 e. The van der Waals surface area contributed by atoms with E-state index in [1.807, 2.05) is 24.3 Å². The Morgan fingerprint density at radius 2 is 1.90 bits per heavy atom. The summed E-state index contributed by atoms with van der Waals surface area (Å²) in [6, 6.07) is 10.9. The molecule has 4 rings (SSSR count). The number of nitro groups is 1. The SMILES string of the molecule is COc1ccc([N+](=O)[O-])c2c1CCC(C(=O)Nc1ccc(N3CCOCC3)cc1)C2. The summed E-state index contributed by atoms with van der Waals surface area (Å²) < 4.78 is 10.7. The Labute approximate surface area is 174 Å². The highest BCUT2D eigenvalue weighted by Gasteiger charge is 2.31. The van der Waals surface area contributed by atoms with Gasteiger partial charge in [0.15, 0.2) is 0 Å². The molecule has 158 valence electrons. The molecule has 2 aliphatic rings. The van der Waals surface area contributed by atoms with Crippen LogP contribution < -0.4 is 15.0 Å². The fourth-order valence-electron chi connectivity index (χ4n) is 4.24. The second-order valence-corrected chi connectivity index (χ2v) is 7.58. The van der Waals surface area contributed by atoms with Crippen LogP contribution in [-0.4, -0.2) is 44.2 Å². The van der Waals surface area contributed by atoms with Gasteiger partial charge in [0.2, 0.25) is 5.91 Å². The lowest BCUT2D eigenvalue weighted by Gasteiger charge is -2.29. The third-order valence-corrected chi connectivity index (χ3v) is 5.86. The first kappa shape index (κ1) is 20.2. The molecular formula is C22H25N3O5. The third-order valence-electron chi connectivity index (χ3n) is 5.86. The average Bonchev–Trinajstić information content (AvgIpc) is 2.78. The Hall–Kier alpha value is -3.13. The maximum absolute atomic E-state index is 12.9. The van der Waals surface area contributed by atoms with E-state index in [1.165, 1.54) is 6.07 Å². The number of anilines is 2. The van der Waals surface area contributed by atoms with Crippen LogP contribution in [0, 0.1) is 16.0 Å². The third kappa shape index (κ3) is 4.09. The number of amides is 1. The van der Waals surface area contributed by atoms with E-state index in [-0.39, 0.29) is 22.4 Å². The van der Waals surface area contributed by atoms with Gasteiger partial charge in [-0.2, -0.15) is 0 Å². The second kappa shape index (κ2) is 8.71. The molecule has 1 atom stereocenters. The number of hydrogen-bond acceptors (Lipinski definition) is 6. The minimum Gasteiger partial charge on any atom is -0.496 e. The highest BCUT2D eigenvalue weighted by Crippen LogP contribution is 2.38. The van der Waals surface area contributed by atoms with Crippen molar-refractivity contribution in [1.29, 1.82) is 0 Å². The molecule has 1 aliphatic carbocycles. The maximum Gasteiger partial charge on any atom is 0.273 e. The van der Waals surface area contributed by atoms with Gasteiger partial charge in [-0.05, 0) is 49.6 Å². The van der Waals surface area contributed by atoms with E-state index in [0.717, 1.165) is 43.2 Å². The van der Waals surface area contributed by atoms with Crippen LogP contribution in [0.5, 0.6) is 5.75 Å². The Balaban J connectivity index is 1.46. The van der Waals surface area contributed by atoms with E-state index in [1.54, 1.807) is 13.2 Å². The minimum absolute atomic E-state index is 0.0539. The fourth-order valence-corrected chi connectivity index (χ4v) is 4.24. The normalized spacial score (nSPS) is 18.4. The summed E-state index contributed by atoms with van der Waals surface area (Å²) in [4.78, 5) is 26.2. The molecule has 1 heterocycles. The monoisotopic (exact) mass is 411 g/mol. The van der Waals surface area contributed by atoms with Gasteiger partial charge in [0.05, 0.1) is 25.2 Å². The van der Waals surface area contributed by atoms with Gasteiger partial charge in [0.25, 0.3) is 5.69 Å². The van der Waals surface area contributed by atoms with Crippen molar-refractivity contribution >= 4 is 23.0 Å². The van der Waals surface area contributed by atoms with Crippen molar-refractivity contribution in [3.8, 4) is 5.75 Å². The van der Waals surface area contributed by atoms with E-state index in [9.17, 15) is 14.9 Å². The molecule has 1 fully saturated rings.